The average molecular weight is 445 g/mol. The summed E-state index contributed by atoms with van der Waals surface area (Å²) in [6.45, 7) is 4.18. The van der Waals surface area contributed by atoms with Crippen LogP contribution in [0.2, 0.25) is 0 Å². The third-order valence-corrected chi connectivity index (χ3v) is 6.53. The standard InChI is InChI=1S/C28H32N2O3/c1-3-25(20(2)28(31)32)26-18-27(22-12-8-5-9-13-22)30(29-26)23-14-16-24(17-15-23)33-19-21-10-6-4-7-11-21/h4,6-7,10-11,14-18,22H,3,5,8-9,12-13,19H2,1-2H3,(H,31,32)/b25-20+. The van der Waals surface area contributed by atoms with Crippen molar-refractivity contribution in [2.75, 3.05) is 0 Å². The fourth-order valence-corrected chi connectivity index (χ4v) is 4.63. The summed E-state index contributed by atoms with van der Waals surface area (Å²) in [6.07, 6.45) is 6.65. The molecule has 4 rings (SSSR count). The molecule has 1 heterocycles. The number of ether oxygens (including phenoxy) is 1. The molecule has 0 aliphatic heterocycles. The number of benzene rings is 2. The number of hydrogen-bond acceptors (Lipinski definition) is 3. The first-order chi connectivity index (χ1) is 16.1. The van der Waals surface area contributed by atoms with Gasteiger partial charge in [0.2, 0.25) is 0 Å². The van der Waals surface area contributed by atoms with Crippen molar-refractivity contribution >= 4 is 11.5 Å². The topological polar surface area (TPSA) is 64.3 Å². The monoisotopic (exact) mass is 444 g/mol. The summed E-state index contributed by atoms with van der Waals surface area (Å²) in [5, 5.41) is 14.5. The van der Waals surface area contributed by atoms with Crippen LogP contribution < -0.4 is 4.74 Å². The van der Waals surface area contributed by atoms with E-state index in [-0.39, 0.29) is 0 Å². The highest BCUT2D eigenvalue weighted by atomic mass is 16.5. The van der Waals surface area contributed by atoms with Gasteiger partial charge in [-0.3, -0.25) is 0 Å². The lowest BCUT2D eigenvalue weighted by Crippen LogP contribution is -2.11. The molecule has 3 aromatic rings. The van der Waals surface area contributed by atoms with E-state index in [4.69, 9.17) is 9.84 Å². The van der Waals surface area contributed by atoms with Crippen LogP contribution in [0.4, 0.5) is 0 Å². The van der Waals surface area contributed by atoms with Crippen molar-refractivity contribution in [2.45, 2.75) is 64.9 Å². The maximum absolute atomic E-state index is 11.6. The zero-order chi connectivity index (χ0) is 23.2. The van der Waals surface area contributed by atoms with E-state index in [0.29, 0.717) is 24.5 Å². The summed E-state index contributed by atoms with van der Waals surface area (Å²) >= 11 is 0. The Hall–Kier alpha value is -3.34. The van der Waals surface area contributed by atoms with Crippen LogP contribution in [0, 0.1) is 0 Å². The summed E-state index contributed by atoms with van der Waals surface area (Å²) in [4.78, 5) is 11.6. The summed E-state index contributed by atoms with van der Waals surface area (Å²) in [5.74, 6) is 0.364. The van der Waals surface area contributed by atoms with Crippen LogP contribution in [-0.4, -0.2) is 20.9 Å². The van der Waals surface area contributed by atoms with Gasteiger partial charge in [-0.05, 0) is 67.7 Å². The minimum Gasteiger partial charge on any atom is -0.489 e. The number of nitrogens with zero attached hydrogens (tertiary/aromatic N) is 2. The minimum absolute atomic E-state index is 0.363. The Bertz CT molecular complexity index is 1110. The Kier molecular flexibility index (Phi) is 7.28. The van der Waals surface area contributed by atoms with Gasteiger partial charge in [0.05, 0.1) is 11.4 Å². The Morgan fingerprint density at radius 1 is 1.06 bits per heavy atom. The Morgan fingerprint density at radius 3 is 2.39 bits per heavy atom. The van der Waals surface area contributed by atoms with E-state index in [2.05, 4.69) is 6.07 Å². The van der Waals surface area contributed by atoms with E-state index in [0.717, 1.165) is 41.1 Å². The SMILES string of the molecule is CC/C(=C(/C)C(=O)O)c1cc(C2CCCCC2)n(-c2ccc(OCc3ccccc3)cc2)n1. The van der Waals surface area contributed by atoms with Crippen LogP contribution in [0.1, 0.15) is 75.2 Å². The molecular formula is C28H32N2O3. The lowest BCUT2D eigenvalue weighted by atomic mass is 9.86. The minimum atomic E-state index is -0.888. The first kappa shape index (κ1) is 22.8. The second-order valence-corrected chi connectivity index (χ2v) is 8.73. The maximum Gasteiger partial charge on any atom is 0.331 e. The van der Waals surface area contributed by atoms with Crippen molar-refractivity contribution in [3.05, 3.63) is 83.2 Å². The molecule has 172 valence electrons. The predicted octanol–water partition coefficient (Wildman–Crippen LogP) is 6.77. The van der Waals surface area contributed by atoms with Crippen molar-refractivity contribution in [1.82, 2.24) is 9.78 Å². The Balaban J connectivity index is 1.64. The summed E-state index contributed by atoms with van der Waals surface area (Å²) < 4.78 is 7.96. The highest BCUT2D eigenvalue weighted by Gasteiger charge is 2.23. The number of aliphatic carboxylic acids is 1. The van der Waals surface area contributed by atoms with E-state index >= 15 is 0 Å². The summed E-state index contributed by atoms with van der Waals surface area (Å²) in [7, 11) is 0. The molecule has 1 N–H and O–H groups in total. The maximum atomic E-state index is 11.6. The number of hydrogen-bond donors (Lipinski definition) is 1. The van der Waals surface area contributed by atoms with Gasteiger partial charge in [-0.1, -0.05) is 56.5 Å². The van der Waals surface area contributed by atoms with Crippen LogP contribution in [0.5, 0.6) is 5.75 Å². The van der Waals surface area contributed by atoms with Crippen molar-refractivity contribution < 1.29 is 14.6 Å². The highest BCUT2D eigenvalue weighted by Crippen LogP contribution is 2.36. The quantitative estimate of drug-likeness (QED) is 0.390. The lowest BCUT2D eigenvalue weighted by Gasteiger charge is -2.22. The van der Waals surface area contributed by atoms with Crippen molar-refractivity contribution in [1.29, 1.82) is 0 Å². The average Bonchev–Trinajstić information content (AvgIpc) is 3.29. The highest BCUT2D eigenvalue weighted by molar-refractivity contribution is 5.95. The van der Waals surface area contributed by atoms with E-state index in [9.17, 15) is 9.90 Å². The van der Waals surface area contributed by atoms with Gasteiger partial charge < -0.3 is 9.84 Å². The Morgan fingerprint density at radius 2 is 1.76 bits per heavy atom. The molecule has 0 spiro atoms. The molecule has 33 heavy (non-hydrogen) atoms. The predicted molar refractivity (Wildman–Crippen MR) is 131 cm³/mol. The van der Waals surface area contributed by atoms with Crippen LogP contribution in [-0.2, 0) is 11.4 Å². The Labute approximate surface area is 195 Å². The molecule has 2 aromatic carbocycles. The van der Waals surface area contributed by atoms with Gasteiger partial charge in [-0.2, -0.15) is 5.10 Å². The summed E-state index contributed by atoms with van der Waals surface area (Å²) in [5.41, 5.74) is 5.19. The molecule has 0 atom stereocenters. The molecule has 5 nitrogen and oxygen atoms in total. The smallest absolute Gasteiger partial charge is 0.331 e. The molecule has 1 aliphatic carbocycles. The second kappa shape index (κ2) is 10.5. The first-order valence-electron chi connectivity index (χ1n) is 11.9. The van der Waals surface area contributed by atoms with E-state index in [1.165, 1.54) is 25.0 Å². The van der Waals surface area contributed by atoms with Gasteiger partial charge in [0.15, 0.2) is 0 Å². The van der Waals surface area contributed by atoms with Crippen molar-refractivity contribution in [3.8, 4) is 11.4 Å². The van der Waals surface area contributed by atoms with Crippen LogP contribution in [0.3, 0.4) is 0 Å². The lowest BCUT2D eigenvalue weighted by molar-refractivity contribution is -0.132. The van der Waals surface area contributed by atoms with E-state index < -0.39 is 5.97 Å². The zero-order valence-corrected chi connectivity index (χ0v) is 19.5. The van der Waals surface area contributed by atoms with Gasteiger partial charge in [0, 0.05) is 17.2 Å². The fraction of sp³-hybridized carbons (Fsp3) is 0.357. The van der Waals surface area contributed by atoms with Gasteiger partial charge in [-0.25, -0.2) is 9.48 Å². The van der Waals surface area contributed by atoms with Crippen LogP contribution >= 0.6 is 0 Å². The van der Waals surface area contributed by atoms with Crippen LogP contribution in [0.15, 0.2) is 66.2 Å². The largest absolute Gasteiger partial charge is 0.489 e. The number of aromatic nitrogens is 2. The summed E-state index contributed by atoms with van der Waals surface area (Å²) in [6, 6.07) is 20.2. The molecule has 0 radical (unpaired) electrons. The van der Waals surface area contributed by atoms with E-state index in [1.807, 2.05) is 66.2 Å². The molecule has 0 saturated heterocycles. The zero-order valence-electron chi connectivity index (χ0n) is 19.5. The van der Waals surface area contributed by atoms with E-state index in [1.54, 1.807) is 6.92 Å². The number of allylic oxidation sites excluding steroid dienone is 1. The van der Waals surface area contributed by atoms with Gasteiger partial charge in [0.25, 0.3) is 0 Å². The molecular weight excluding hydrogens is 412 g/mol. The third-order valence-electron chi connectivity index (χ3n) is 6.53. The number of rotatable bonds is 8. The van der Waals surface area contributed by atoms with Gasteiger partial charge >= 0.3 is 5.97 Å². The molecule has 0 bridgehead atoms. The van der Waals surface area contributed by atoms with Gasteiger partial charge in [0.1, 0.15) is 12.4 Å². The van der Waals surface area contributed by atoms with Gasteiger partial charge in [-0.15, -0.1) is 0 Å². The third kappa shape index (κ3) is 5.36. The number of carbonyl (C=O) groups is 1. The van der Waals surface area contributed by atoms with Crippen molar-refractivity contribution in [3.63, 3.8) is 0 Å². The molecule has 0 amide bonds. The normalized spacial score (nSPS) is 15.2. The fourth-order valence-electron chi connectivity index (χ4n) is 4.63. The number of carboxylic acids is 1. The molecule has 1 fully saturated rings. The molecule has 1 aliphatic rings. The number of carboxylic acid groups (broad SMARTS) is 1. The molecule has 1 aromatic heterocycles. The van der Waals surface area contributed by atoms with Crippen molar-refractivity contribution in [2.24, 2.45) is 0 Å². The molecule has 0 unspecified atom stereocenters. The molecule has 1 saturated carbocycles. The second-order valence-electron chi connectivity index (χ2n) is 8.73. The van der Waals surface area contributed by atoms with Crippen LogP contribution in [0.25, 0.3) is 11.3 Å². The first-order valence-corrected chi connectivity index (χ1v) is 11.9. The molecule has 5 heteroatoms.